The molecule has 10 nitrogen and oxygen atoms in total. The van der Waals surface area contributed by atoms with Crippen molar-refractivity contribution in [2.24, 2.45) is 0 Å². The summed E-state index contributed by atoms with van der Waals surface area (Å²) in [6.45, 7) is 3.23. The number of amides is 3. The van der Waals surface area contributed by atoms with Gasteiger partial charge in [-0.15, -0.1) is 0 Å². The molecular formula is C26H27N3O7. The van der Waals surface area contributed by atoms with Crippen LogP contribution in [0.4, 0.5) is 14.4 Å². The molecule has 3 amide bonds. The fourth-order valence-corrected chi connectivity index (χ4v) is 4.30. The number of nitrogens with zero attached hydrogens (tertiary/aromatic N) is 3. The molecule has 10 heteroatoms. The van der Waals surface area contributed by atoms with Gasteiger partial charge in [-0.25, -0.2) is 19.4 Å². The van der Waals surface area contributed by atoms with E-state index in [1.54, 1.807) is 68.4 Å². The molecule has 0 aromatic heterocycles. The Bertz CT molecular complexity index is 1150. The molecule has 2 heterocycles. The predicted molar refractivity (Wildman–Crippen MR) is 128 cm³/mol. The second-order valence-electron chi connectivity index (χ2n) is 8.00. The number of carbonyl (C=O) groups is 4. The molecule has 0 N–H and O–H groups in total. The van der Waals surface area contributed by atoms with Gasteiger partial charge in [0.05, 0.1) is 25.8 Å². The Balaban J connectivity index is 1.83. The summed E-state index contributed by atoms with van der Waals surface area (Å²) in [6.07, 6.45) is -2.29. The average molecular weight is 494 g/mol. The Morgan fingerprint density at radius 1 is 0.861 bits per heavy atom. The van der Waals surface area contributed by atoms with Crippen LogP contribution in [0.25, 0.3) is 0 Å². The van der Waals surface area contributed by atoms with Gasteiger partial charge in [0.2, 0.25) is 0 Å². The second kappa shape index (κ2) is 10.9. The van der Waals surface area contributed by atoms with E-state index >= 15 is 0 Å². The predicted octanol–water partition coefficient (Wildman–Crippen LogP) is 4.30. The molecule has 0 aliphatic carbocycles. The van der Waals surface area contributed by atoms with Gasteiger partial charge < -0.3 is 14.2 Å². The molecule has 2 aliphatic rings. The van der Waals surface area contributed by atoms with Crippen molar-refractivity contribution in [2.75, 3.05) is 19.8 Å². The number of hydrazine groups is 1. The summed E-state index contributed by atoms with van der Waals surface area (Å²) >= 11 is 0. The minimum atomic E-state index is -1.29. The zero-order valence-corrected chi connectivity index (χ0v) is 20.0. The van der Waals surface area contributed by atoms with Gasteiger partial charge in [0.1, 0.15) is 5.75 Å². The Hall–Kier alpha value is -4.34. The summed E-state index contributed by atoms with van der Waals surface area (Å²) in [7, 11) is 0. The van der Waals surface area contributed by atoms with Gasteiger partial charge in [-0.3, -0.25) is 9.69 Å². The van der Waals surface area contributed by atoms with E-state index in [1.807, 2.05) is 6.07 Å². The van der Waals surface area contributed by atoms with Crippen LogP contribution in [0.1, 0.15) is 31.9 Å². The Kier molecular flexibility index (Phi) is 7.53. The van der Waals surface area contributed by atoms with Crippen molar-refractivity contribution in [3.05, 3.63) is 77.9 Å². The van der Waals surface area contributed by atoms with Gasteiger partial charge in [-0.05, 0) is 31.5 Å². The third-order valence-electron chi connectivity index (χ3n) is 5.83. The topological polar surface area (TPSA) is 106 Å². The summed E-state index contributed by atoms with van der Waals surface area (Å²) in [5.74, 6) is 0.0351. The second-order valence-corrected chi connectivity index (χ2v) is 8.00. The lowest BCUT2D eigenvalue weighted by Crippen LogP contribution is -2.67. The molecule has 0 saturated carbocycles. The van der Waals surface area contributed by atoms with Crippen LogP contribution in [0.5, 0.6) is 5.75 Å². The highest BCUT2D eigenvalue weighted by atomic mass is 16.6. The highest BCUT2D eigenvalue weighted by Gasteiger charge is 2.52. The highest BCUT2D eigenvalue weighted by molar-refractivity contribution is 6.00. The van der Waals surface area contributed by atoms with Crippen LogP contribution in [0.2, 0.25) is 0 Å². The van der Waals surface area contributed by atoms with Gasteiger partial charge in [0.25, 0.3) is 0 Å². The quantitative estimate of drug-likeness (QED) is 0.625. The number of rotatable bonds is 4. The Morgan fingerprint density at radius 3 is 2.11 bits per heavy atom. The first kappa shape index (κ1) is 24.8. The first-order valence-electron chi connectivity index (χ1n) is 11.7. The van der Waals surface area contributed by atoms with Crippen LogP contribution >= 0.6 is 0 Å². The molecule has 188 valence electrons. The molecular weight excluding hydrogens is 466 g/mol. The van der Waals surface area contributed by atoms with E-state index in [9.17, 15) is 19.2 Å². The van der Waals surface area contributed by atoms with Crippen LogP contribution in [-0.4, -0.2) is 64.9 Å². The van der Waals surface area contributed by atoms with Crippen molar-refractivity contribution in [1.29, 1.82) is 0 Å². The molecule has 36 heavy (non-hydrogen) atoms. The van der Waals surface area contributed by atoms with Gasteiger partial charge in [-0.2, -0.15) is 5.01 Å². The monoisotopic (exact) mass is 493 g/mol. The number of para-hydroxylation sites is 1. The van der Waals surface area contributed by atoms with Crippen molar-refractivity contribution < 1.29 is 33.4 Å². The normalized spacial score (nSPS) is 19.2. The van der Waals surface area contributed by atoms with Gasteiger partial charge >= 0.3 is 18.3 Å². The van der Waals surface area contributed by atoms with Crippen molar-refractivity contribution in [3.63, 3.8) is 0 Å². The third-order valence-corrected chi connectivity index (χ3v) is 5.83. The van der Waals surface area contributed by atoms with E-state index in [0.717, 1.165) is 10.0 Å². The lowest BCUT2D eigenvalue weighted by atomic mass is 9.88. The molecule has 0 bridgehead atoms. The van der Waals surface area contributed by atoms with E-state index in [2.05, 4.69) is 0 Å². The number of piperidine rings is 1. The van der Waals surface area contributed by atoms with Gasteiger partial charge in [0, 0.05) is 12.0 Å². The number of benzene rings is 2. The standard InChI is InChI=1S/C26H27N3O7/c1-3-34-24(31)27-16-15-20-22(30)17-21(18-11-7-5-8-12-18)28(23(20)29(27)26(33)35-4-2)25(32)36-19-13-9-6-10-14-19/h5-15,21,23H,3-4,16-17H2,1-2H3/t21-,23+/m1/s1. The fourth-order valence-electron chi connectivity index (χ4n) is 4.30. The Morgan fingerprint density at radius 2 is 1.47 bits per heavy atom. The summed E-state index contributed by atoms with van der Waals surface area (Å²) in [5.41, 5.74) is 0.868. The number of ketones is 1. The molecule has 2 aromatic rings. The van der Waals surface area contributed by atoms with E-state index in [0.29, 0.717) is 5.56 Å². The van der Waals surface area contributed by atoms with Crippen molar-refractivity contribution in [1.82, 2.24) is 14.9 Å². The van der Waals surface area contributed by atoms with E-state index in [4.69, 9.17) is 14.2 Å². The fraction of sp³-hybridized carbons (Fsp3) is 0.308. The molecule has 2 atom stereocenters. The van der Waals surface area contributed by atoms with Crippen molar-refractivity contribution in [3.8, 4) is 5.75 Å². The smallest absolute Gasteiger partial charge is 0.431 e. The first-order chi connectivity index (χ1) is 17.5. The number of likely N-dealkylation sites (tertiary alicyclic amines) is 1. The molecule has 2 aromatic carbocycles. The van der Waals surface area contributed by atoms with Crippen LogP contribution < -0.4 is 4.74 Å². The lowest BCUT2D eigenvalue weighted by molar-refractivity contribution is -0.128. The van der Waals surface area contributed by atoms with Gasteiger partial charge in [-0.1, -0.05) is 54.6 Å². The third kappa shape index (κ3) is 4.88. The number of Topliss-reactive ketones (excluding diaryl/α,β-unsaturated/α-hetero) is 1. The van der Waals surface area contributed by atoms with Crippen LogP contribution in [0.15, 0.2) is 72.3 Å². The first-order valence-corrected chi connectivity index (χ1v) is 11.7. The summed E-state index contributed by atoms with van der Waals surface area (Å²) < 4.78 is 16.0. The number of carbonyl (C=O) groups excluding carboxylic acids is 4. The van der Waals surface area contributed by atoms with Crippen molar-refractivity contribution >= 4 is 24.1 Å². The number of hydrogen-bond donors (Lipinski definition) is 0. The maximum Gasteiger partial charge on any atom is 0.431 e. The summed E-state index contributed by atoms with van der Waals surface area (Å²) in [4.78, 5) is 54.3. The highest BCUT2D eigenvalue weighted by Crippen LogP contribution is 2.40. The minimum absolute atomic E-state index is 0.0162. The van der Waals surface area contributed by atoms with Crippen molar-refractivity contribution in [2.45, 2.75) is 32.5 Å². The Labute approximate surface area is 208 Å². The van der Waals surface area contributed by atoms with E-state index < -0.39 is 30.5 Å². The van der Waals surface area contributed by atoms with Crippen LogP contribution in [0, 0.1) is 0 Å². The number of ether oxygens (including phenoxy) is 3. The number of hydrogen-bond acceptors (Lipinski definition) is 7. The van der Waals surface area contributed by atoms with E-state index in [-0.39, 0.29) is 43.3 Å². The zero-order valence-electron chi connectivity index (χ0n) is 20.0. The molecule has 0 unspecified atom stereocenters. The maximum absolute atomic E-state index is 13.7. The largest absolute Gasteiger partial charge is 0.448 e. The average Bonchev–Trinajstić information content (AvgIpc) is 2.89. The lowest BCUT2D eigenvalue weighted by Gasteiger charge is -2.50. The molecule has 1 fully saturated rings. The summed E-state index contributed by atoms with van der Waals surface area (Å²) in [5, 5.41) is 2.00. The molecule has 1 saturated heterocycles. The molecule has 4 rings (SSSR count). The van der Waals surface area contributed by atoms with Gasteiger partial charge in [0.15, 0.2) is 11.9 Å². The molecule has 0 radical (unpaired) electrons. The van der Waals surface area contributed by atoms with E-state index in [1.165, 1.54) is 11.0 Å². The zero-order chi connectivity index (χ0) is 25.7. The maximum atomic E-state index is 13.7. The molecule has 2 aliphatic heterocycles. The summed E-state index contributed by atoms with van der Waals surface area (Å²) in [6, 6.07) is 16.7. The SMILES string of the molecule is CCOC(=O)N1CC=C2C(=O)C[C@H](c3ccccc3)N(C(=O)Oc3ccccc3)[C@H]2N1C(=O)OCC. The minimum Gasteiger partial charge on any atom is -0.448 e. The molecule has 0 spiro atoms. The number of fused-ring (bicyclic) bond motifs is 1. The van der Waals surface area contributed by atoms with Crippen LogP contribution in [0.3, 0.4) is 0 Å². The van der Waals surface area contributed by atoms with Crippen LogP contribution in [-0.2, 0) is 14.3 Å².